The Bertz CT molecular complexity index is 285. The maximum Gasteiger partial charge on any atom is 0.416 e. The van der Waals surface area contributed by atoms with Gasteiger partial charge < -0.3 is 5.32 Å². The van der Waals surface area contributed by atoms with Gasteiger partial charge in [0.25, 0.3) is 0 Å². The lowest BCUT2D eigenvalue weighted by Crippen LogP contribution is -2.05. The van der Waals surface area contributed by atoms with Crippen LogP contribution < -0.4 is 5.32 Å². The third kappa shape index (κ3) is 2.84. The molecule has 0 fully saturated rings. The first-order valence-electron chi connectivity index (χ1n) is 3.56. The van der Waals surface area contributed by atoms with E-state index in [2.05, 4.69) is 17.9 Å². The second-order valence-electron chi connectivity index (χ2n) is 2.41. The standard InChI is InChI=1S/C8H8F3NS/c9-8(10,11)6-2-1-3-7(4-6)12-5-13/h1-4,12-13H,5H2. The Morgan fingerprint density at radius 2 is 2.00 bits per heavy atom. The van der Waals surface area contributed by atoms with Crippen molar-refractivity contribution < 1.29 is 13.2 Å². The quantitative estimate of drug-likeness (QED) is 0.561. The number of hydrogen-bond acceptors (Lipinski definition) is 2. The molecule has 1 aromatic carbocycles. The zero-order valence-electron chi connectivity index (χ0n) is 6.60. The van der Waals surface area contributed by atoms with Gasteiger partial charge in [-0.05, 0) is 18.2 Å². The Kier molecular flexibility index (Phi) is 3.08. The lowest BCUT2D eigenvalue weighted by Gasteiger charge is -2.08. The predicted molar refractivity (Wildman–Crippen MR) is 48.9 cm³/mol. The highest BCUT2D eigenvalue weighted by Crippen LogP contribution is 2.30. The number of benzene rings is 1. The van der Waals surface area contributed by atoms with Crippen molar-refractivity contribution in [2.24, 2.45) is 0 Å². The average Bonchev–Trinajstić information content (AvgIpc) is 2.04. The van der Waals surface area contributed by atoms with E-state index in [4.69, 9.17) is 0 Å². The van der Waals surface area contributed by atoms with Crippen LogP contribution in [-0.2, 0) is 6.18 Å². The number of thiol groups is 1. The van der Waals surface area contributed by atoms with Gasteiger partial charge in [0.1, 0.15) is 0 Å². The van der Waals surface area contributed by atoms with E-state index in [0.717, 1.165) is 12.1 Å². The van der Waals surface area contributed by atoms with Gasteiger partial charge in [-0.1, -0.05) is 6.07 Å². The summed E-state index contributed by atoms with van der Waals surface area (Å²) in [5.41, 5.74) is -0.232. The van der Waals surface area contributed by atoms with E-state index in [-0.39, 0.29) is 0 Å². The molecular formula is C8H8F3NS. The molecule has 0 amide bonds. The molecule has 0 saturated heterocycles. The van der Waals surface area contributed by atoms with E-state index in [1.165, 1.54) is 6.07 Å². The highest BCUT2D eigenvalue weighted by atomic mass is 32.1. The number of rotatable bonds is 2. The van der Waals surface area contributed by atoms with E-state index < -0.39 is 11.7 Å². The summed E-state index contributed by atoms with van der Waals surface area (Å²) < 4.78 is 36.5. The highest BCUT2D eigenvalue weighted by molar-refractivity contribution is 7.80. The Labute approximate surface area is 79.4 Å². The molecule has 0 spiro atoms. The van der Waals surface area contributed by atoms with E-state index in [1.54, 1.807) is 6.07 Å². The van der Waals surface area contributed by atoms with Crippen LogP contribution in [0, 0.1) is 0 Å². The summed E-state index contributed by atoms with van der Waals surface area (Å²) >= 11 is 3.85. The van der Waals surface area contributed by atoms with Gasteiger partial charge in [-0.3, -0.25) is 0 Å². The van der Waals surface area contributed by atoms with Crippen LogP contribution in [0.3, 0.4) is 0 Å². The van der Waals surface area contributed by atoms with Crippen molar-refractivity contribution >= 4 is 18.3 Å². The Balaban J connectivity index is 2.92. The molecule has 13 heavy (non-hydrogen) atoms. The van der Waals surface area contributed by atoms with Gasteiger partial charge in [0.05, 0.1) is 11.4 Å². The molecule has 0 saturated carbocycles. The second kappa shape index (κ2) is 3.91. The molecule has 0 atom stereocenters. The maximum atomic E-state index is 12.2. The van der Waals surface area contributed by atoms with E-state index in [0.29, 0.717) is 11.6 Å². The van der Waals surface area contributed by atoms with Gasteiger partial charge in [-0.2, -0.15) is 25.8 Å². The van der Waals surface area contributed by atoms with Crippen LogP contribution in [0.4, 0.5) is 18.9 Å². The number of anilines is 1. The molecule has 72 valence electrons. The molecule has 1 N–H and O–H groups in total. The fourth-order valence-electron chi connectivity index (χ4n) is 0.897. The first-order valence-corrected chi connectivity index (χ1v) is 4.19. The van der Waals surface area contributed by atoms with Gasteiger partial charge in [-0.15, -0.1) is 0 Å². The molecule has 0 unspecified atom stereocenters. The van der Waals surface area contributed by atoms with E-state index in [9.17, 15) is 13.2 Å². The molecule has 0 radical (unpaired) electrons. The molecule has 0 aliphatic heterocycles. The van der Waals surface area contributed by atoms with Crippen LogP contribution in [0.25, 0.3) is 0 Å². The maximum absolute atomic E-state index is 12.2. The van der Waals surface area contributed by atoms with Crippen molar-refractivity contribution in [1.29, 1.82) is 0 Å². The number of alkyl halides is 3. The van der Waals surface area contributed by atoms with Crippen LogP contribution in [0.2, 0.25) is 0 Å². The normalized spacial score (nSPS) is 11.4. The van der Waals surface area contributed by atoms with E-state index in [1.807, 2.05) is 0 Å². The van der Waals surface area contributed by atoms with Crippen LogP contribution in [0.5, 0.6) is 0 Å². The van der Waals surface area contributed by atoms with E-state index >= 15 is 0 Å². The number of hydrogen-bond donors (Lipinski definition) is 2. The minimum Gasteiger partial charge on any atom is -0.376 e. The van der Waals surface area contributed by atoms with Crippen molar-refractivity contribution in [3.8, 4) is 0 Å². The smallest absolute Gasteiger partial charge is 0.376 e. The van der Waals surface area contributed by atoms with Crippen molar-refractivity contribution in [2.75, 3.05) is 11.2 Å². The largest absolute Gasteiger partial charge is 0.416 e. The summed E-state index contributed by atoms with van der Waals surface area (Å²) in [5.74, 6) is 0.307. The Hall–Kier alpha value is -0.840. The molecule has 1 aromatic rings. The molecule has 1 nitrogen and oxygen atoms in total. The van der Waals surface area contributed by atoms with Crippen molar-refractivity contribution in [2.45, 2.75) is 6.18 Å². The lowest BCUT2D eigenvalue weighted by molar-refractivity contribution is -0.137. The first kappa shape index (κ1) is 10.2. The minimum absolute atomic E-state index is 0.307. The van der Waals surface area contributed by atoms with Crippen molar-refractivity contribution in [3.05, 3.63) is 29.8 Å². The van der Waals surface area contributed by atoms with Crippen LogP contribution in [0.15, 0.2) is 24.3 Å². The van der Waals surface area contributed by atoms with Gasteiger partial charge in [0.2, 0.25) is 0 Å². The number of halogens is 3. The Morgan fingerprint density at radius 1 is 1.31 bits per heavy atom. The first-order chi connectivity index (χ1) is 6.04. The molecule has 5 heteroatoms. The van der Waals surface area contributed by atoms with Crippen LogP contribution in [-0.4, -0.2) is 5.88 Å². The fourth-order valence-corrected chi connectivity index (χ4v) is 1.08. The highest BCUT2D eigenvalue weighted by Gasteiger charge is 2.30. The second-order valence-corrected chi connectivity index (χ2v) is 2.73. The molecule has 1 rings (SSSR count). The molecule has 0 heterocycles. The molecule has 0 aromatic heterocycles. The zero-order chi connectivity index (χ0) is 9.90. The zero-order valence-corrected chi connectivity index (χ0v) is 7.49. The predicted octanol–water partition coefficient (Wildman–Crippen LogP) is 3.00. The summed E-state index contributed by atoms with van der Waals surface area (Å²) in [6.45, 7) is 0. The van der Waals surface area contributed by atoms with Crippen LogP contribution >= 0.6 is 12.6 Å². The van der Waals surface area contributed by atoms with Gasteiger partial charge >= 0.3 is 6.18 Å². The summed E-state index contributed by atoms with van der Waals surface area (Å²) in [6.07, 6.45) is -4.28. The van der Waals surface area contributed by atoms with Gasteiger partial charge in [0.15, 0.2) is 0 Å². The minimum atomic E-state index is -4.28. The third-order valence-electron chi connectivity index (χ3n) is 1.47. The van der Waals surface area contributed by atoms with Crippen molar-refractivity contribution in [3.63, 3.8) is 0 Å². The lowest BCUT2D eigenvalue weighted by atomic mass is 10.2. The molecule has 0 aliphatic carbocycles. The summed E-state index contributed by atoms with van der Waals surface area (Å²) in [4.78, 5) is 0. The summed E-state index contributed by atoms with van der Waals surface area (Å²) in [5, 5.41) is 2.68. The van der Waals surface area contributed by atoms with Crippen LogP contribution in [0.1, 0.15) is 5.56 Å². The monoisotopic (exact) mass is 207 g/mol. The topological polar surface area (TPSA) is 12.0 Å². The van der Waals surface area contributed by atoms with Gasteiger partial charge in [-0.25, -0.2) is 0 Å². The summed E-state index contributed by atoms with van der Waals surface area (Å²) in [6, 6.07) is 5.00. The van der Waals surface area contributed by atoms with Crippen molar-refractivity contribution in [1.82, 2.24) is 0 Å². The SMILES string of the molecule is FC(F)(F)c1cccc(NCS)c1. The molecule has 0 aliphatic rings. The molecular weight excluding hydrogens is 199 g/mol. The van der Waals surface area contributed by atoms with Gasteiger partial charge in [0, 0.05) is 5.69 Å². The summed E-state index contributed by atoms with van der Waals surface area (Å²) in [7, 11) is 0. The number of nitrogens with one attached hydrogen (secondary N) is 1. The fraction of sp³-hybridized carbons (Fsp3) is 0.250. The average molecular weight is 207 g/mol. The Morgan fingerprint density at radius 3 is 2.54 bits per heavy atom. The molecule has 0 bridgehead atoms. The third-order valence-corrected chi connectivity index (χ3v) is 1.63.